The van der Waals surface area contributed by atoms with Crippen LogP contribution in [0.5, 0.6) is 11.5 Å². The third-order valence-electron chi connectivity index (χ3n) is 4.35. The van der Waals surface area contributed by atoms with Gasteiger partial charge in [-0.05, 0) is 43.7 Å². The van der Waals surface area contributed by atoms with Crippen LogP contribution in [0.1, 0.15) is 52.4 Å². The van der Waals surface area contributed by atoms with Crippen molar-refractivity contribution in [3.05, 3.63) is 24.0 Å². The Labute approximate surface area is 127 Å². The molecule has 0 atom stereocenters. The molecular formula is C18H27FO2. The van der Waals surface area contributed by atoms with E-state index in [1.54, 1.807) is 12.1 Å². The SMILES string of the molecule is CCCC1CCC(COc2ccc(OCC)cc2F)CC1. The van der Waals surface area contributed by atoms with Crippen molar-refractivity contribution in [1.82, 2.24) is 0 Å². The molecule has 0 saturated heterocycles. The molecule has 21 heavy (non-hydrogen) atoms. The molecule has 1 aromatic carbocycles. The Bertz CT molecular complexity index is 425. The van der Waals surface area contributed by atoms with Gasteiger partial charge in [-0.25, -0.2) is 4.39 Å². The van der Waals surface area contributed by atoms with Crippen molar-refractivity contribution in [2.75, 3.05) is 13.2 Å². The van der Waals surface area contributed by atoms with Crippen molar-refractivity contribution < 1.29 is 13.9 Å². The van der Waals surface area contributed by atoms with E-state index < -0.39 is 0 Å². The van der Waals surface area contributed by atoms with Crippen LogP contribution < -0.4 is 9.47 Å². The Morgan fingerprint density at radius 3 is 2.38 bits per heavy atom. The molecule has 0 radical (unpaired) electrons. The van der Waals surface area contributed by atoms with Crippen LogP contribution in [0.4, 0.5) is 4.39 Å². The van der Waals surface area contributed by atoms with Gasteiger partial charge >= 0.3 is 0 Å². The highest BCUT2D eigenvalue weighted by Crippen LogP contribution is 2.32. The fraction of sp³-hybridized carbons (Fsp3) is 0.667. The summed E-state index contributed by atoms with van der Waals surface area (Å²) in [4.78, 5) is 0. The van der Waals surface area contributed by atoms with Crippen molar-refractivity contribution >= 4 is 0 Å². The number of rotatable bonds is 7. The van der Waals surface area contributed by atoms with Gasteiger partial charge < -0.3 is 9.47 Å². The zero-order valence-electron chi connectivity index (χ0n) is 13.2. The van der Waals surface area contributed by atoms with Crippen LogP contribution in [0.15, 0.2) is 18.2 Å². The van der Waals surface area contributed by atoms with Crippen LogP contribution in [0.2, 0.25) is 0 Å². The maximum atomic E-state index is 13.9. The molecule has 2 rings (SSSR count). The molecular weight excluding hydrogens is 267 g/mol. The molecule has 1 fully saturated rings. The molecule has 0 amide bonds. The van der Waals surface area contributed by atoms with Gasteiger partial charge in [0.15, 0.2) is 11.6 Å². The Kier molecular flexibility index (Phi) is 6.34. The average molecular weight is 294 g/mol. The summed E-state index contributed by atoms with van der Waals surface area (Å²) in [6, 6.07) is 4.83. The van der Waals surface area contributed by atoms with Gasteiger partial charge in [0.1, 0.15) is 5.75 Å². The van der Waals surface area contributed by atoms with E-state index in [0.717, 1.165) is 5.92 Å². The van der Waals surface area contributed by atoms with Crippen molar-refractivity contribution in [2.45, 2.75) is 52.4 Å². The van der Waals surface area contributed by atoms with Crippen LogP contribution in [0.3, 0.4) is 0 Å². The third kappa shape index (κ3) is 4.90. The van der Waals surface area contributed by atoms with E-state index in [1.165, 1.54) is 44.6 Å². The van der Waals surface area contributed by atoms with Crippen LogP contribution in [-0.4, -0.2) is 13.2 Å². The van der Waals surface area contributed by atoms with Gasteiger partial charge in [0.25, 0.3) is 0 Å². The first-order valence-corrected chi connectivity index (χ1v) is 8.28. The summed E-state index contributed by atoms with van der Waals surface area (Å²) in [6.45, 7) is 5.31. The van der Waals surface area contributed by atoms with Gasteiger partial charge in [-0.2, -0.15) is 0 Å². The van der Waals surface area contributed by atoms with E-state index in [-0.39, 0.29) is 5.82 Å². The van der Waals surface area contributed by atoms with Gasteiger partial charge in [-0.15, -0.1) is 0 Å². The molecule has 0 N–H and O–H groups in total. The van der Waals surface area contributed by atoms with Crippen molar-refractivity contribution in [3.63, 3.8) is 0 Å². The smallest absolute Gasteiger partial charge is 0.168 e. The van der Waals surface area contributed by atoms with Crippen LogP contribution in [-0.2, 0) is 0 Å². The quantitative estimate of drug-likeness (QED) is 0.687. The van der Waals surface area contributed by atoms with Crippen molar-refractivity contribution in [1.29, 1.82) is 0 Å². The van der Waals surface area contributed by atoms with E-state index in [2.05, 4.69) is 6.92 Å². The van der Waals surface area contributed by atoms with Crippen LogP contribution in [0, 0.1) is 17.7 Å². The summed E-state index contributed by atoms with van der Waals surface area (Å²) in [5.41, 5.74) is 0. The van der Waals surface area contributed by atoms with Crippen LogP contribution >= 0.6 is 0 Å². The summed E-state index contributed by atoms with van der Waals surface area (Å²) >= 11 is 0. The minimum Gasteiger partial charge on any atom is -0.494 e. The molecule has 0 spiro atoms. The topological polar surface area (TPSA) is 18.5 Å². The van der Waals surface area contributed by atoms with Crippen molar-refractivity contribution in [3.8, 4) is 11.5 Å². The summed E-state index contributed by atoms with van der Waals surface area (Å²) < 4.78 is 24.8. The second kappa shape index (κ2) is 8.26. The second-order valence-corrected chi connectivity index (χ2v) is 6.01. The van der Waals surface area contributed by atoms with E-state index in [0.29, 0.717) is 30.6 Å². The fourth-order valence-corrected chi connectivity index (χ4v) is 3.16. The molecule has 0 aliphatic heterocycles. The largest absolute Gasteiger partial charge is 0.494 e. The first kappa shape index (κ1) is 16.1. The lowest BCUT2D eigenvalue weighted by atomic mass is 9.80. The number of hydrogen-bond acceptors (Lipinski definition) is 2. The lowest BCUT2D eigenvalue weighted by molar-refractivity contribution is 0.174. The summed E-state index contributed by atoms with van der Waals surface area (Å²) in [6.07, 6.45) is 7.65. The lowest BCUT2D eigenvalue weighted by Gasteiger charge is -2.28. The molecule has 2 nitrogen and oxygen atoms in total. The molecule has 118 valence electrons. The van der Waals surface area contributed by atoms with Gasteiger partial charge in [0, 0.05) is 6.07 Å². The van der Waals surface area contributed by atoms with Gasteiger partial charge in [0.05, 0.1) is 13.2 Å². The van der Waals surface area contributed by atoms with Crippen LogP contribution in [0.25, 0.3) is 0 Å². The van der Waals surface area contributed by atoms with Crippen molar-refractivity contribution in [2.24, 2.45) is 11.8 Å². The molecule has 0 bridgehead atoms. The van der Waals surface area contributed by atoms with Gasteiger partial charge in [-0.3, -0.25) is 0 Å². The zero-order chi connectivity index (χ0) is 15.1. The standard InChI is InChI=1S/C18H27FO2/c1-3-5-14-6-8-15(9-7-14)13-21-18-11-10-16(20-4-2)12-17(18)19/h10-12,14-15H,3-9,13H2,1-2H3. The molecule has 1 saturated carbocycles. The highest BCUT2D eigenvalue weighted by Gasteiger charge is 2.21. The number of ether oxygens (including phenoxy) is 2. The molecule has 3 heteroatoms. The first-order valence-electron chi connectivity index (χ1n) is 8.28. The summed E-state index contributed by atoms with van der Waals surface area (Å²) in [5.74, 6) is 2.04. The fourth-order valence-electron chi connectivity index (χ4n) is 3.16. The lowest BCUT2D eigenvalue weighted by Crippen LogP contribution is -2.20. The van der Waals surface area contributed by atoms with E-state index in [4.69, 9.17) is 9.47 Å². The molecule has 1 aliphatic carbocycles. The maximum absolute atomic E-state index is 13.9. The Balaban J connectivity index is 1.78. The van der Waals surface area contributed by atoms with E-state index in [1.807, 2.05) is 6.92 Å². The molecule has 0 unspecified atom stereocenters. The normalized spacial score (nSPS) is 22.0. The highest BCUT2D eigenvalue weighted by molar-refractivity contribution is 5.33. The Morgan fingerprint density at radius 1 is 1.05 bits per heavy atom. The average Bonchev–Trinajstić information content (AvgIpc) is 2.49. The minimum atomic E-state index is -0.333. The molecule has 1 aromatic rings. The second-order valence-electron chi connectivity index (χ2n) is 6.01. The van der Waals surface area contributed by atoms with E-state index >= 15 is 0 Å². The molecule has 0 heterocycles. The molecule has 1 aliphatic rings. The third-order valence-corrected chi connectivity index (χ3v) is 4.35. The highest BCUT2D eigenvalue weighted by atomic mass is 19.1. The molecule has 0 aromatic heterocycles. The zero-order valence-corrected chi connectivity index (χ0v) is 13.2. The predicted molar refractivity (Wildman–Crippen MR) is 83.4 cm³/mol. The number of benzene rings is 1. The minimum absolute atomic E-state index is 0.333. The Hall–Kier alpha value is -1.25. The van der Waals surface area contributed by atoms with E-state index in [9.17, 15) is 4.39 Å². The summed E-state index contributed by atoms with van der Waals surface area (Å²) in [7, 11) is 0. The number of halogens is 1. The van der Waals surface area contributed by atoms with Gasteiger partial charge in [0.2, 0.25) is 0 Å². The summed E-state index contributed by atoms with van der Waals surface area (Å²) in [5, 5.41) is 0. The maximum Gasteiger partial charge on any atom is 0.168 e. The first-order chi connectivity index (χ1) is 10.2. The monoisotopic (exact) mass is 294 g/mol. The van der Waals surface area contributed by atoms with Gasteiger partial charge in [-0.1, -0.05) is 32.6 Å². The Morgan fingerprint density at radius 2 is 1.76 bits per heavy atom. The number of hydrogen-bond donors (Lipinski definition) is 0. The predicted octanol–water partition coefficient (Wildman–Crippen LogP) is 5.21.